The number of likely N-dealkylation sites (tertiary alicyclic amines) is 1. The Balaban J connectivity index is 1.75. The zero-order valence-corrected chi connectivity index (χ0v) is 16.4. The van der Waals surface area contributed by atoms with Gasteiger partial charge in [-0.25, -0.2) is 4.79 Å². The summed E-state index contributed by atoms with van der Waals surface area (Å²) in [6.45, 7) is 4.58. The molecule has 1 saturated heterocycles. The molecule has 6 nitrogen and oxygen atoms in total. The second kappa shape index (κ2) is 8.33. The normalized spacial score (nSPS) is 16.1. The highest BCUT2D eigenvalue weighted by Crippen LogP contribution is 2.34. The Labute approximate surface area is 164 Å². The highest BCUT2D eigenvalue weighted by molar-refractivity contribution is 5.95. The SMILES string of the molecule is COc1ccccc1C1CCN(C(=O)c2cc(C)c(OCC(=O)O)c(C)c2)C1. The smallest absolute Gasteiger partial charge is 0.341 e. The summed E-state index contributed by atoms with van der Waals surface area (Å²) < 4.78 is 10.8. The second-order valence-electron chi connectivity index (χ2n) is 7.10. The van der Waals surface area contributed by atoms with Crippen LogP contribution < -0.4 is 9.47 Å². The van der Waals surface area contributed by atoms with Crippen LogP contribution in [0.1, 0.15) is 39.4 Å². The Kier molecular flexibility index (Phi) is 5.87. The summed E-state index contributed by atoms with van der Waals surface area (Å²) in [6.07, 6.45) is 0.893. The Morgan fingerprint density at radius 2 is 1.86 bits per heavy atom. The quantitative estimate of drug-likeness (QED) is 0.827. The van der Waals surface area contributed by atoms with Crippen LogP contribution in [0.3, 0.4) is 0 Å². The number of ether oxygens (including phenoxy) is 2. The molecule has 0 spiro atoms. The molecule has 3 rings (SSSR count). The average Bonchev–Trinajstić information content (AvgIpc) is 3.16. The number of aliphatic carboxylic acids is 1. The lowest BCUT2D eigenvalue weighted by Crippen LogP contribution is -2.28. The summed E-state index contributed by atoms with van der Waals surface area (Å²) in [4.78, 5) is 25.6. The maximum atomic E-state index is 13.0. The number of carboxylic acids is 1. The highest BCUT2D eigenvalue weighted by atomic mass is 16.5. The van der Waals surface area contributed by atoms with Gasteiger partial charge in [-0.3, -0.25) is 4.79 Å². The molecule has 2 aromatic carbocycles. The topological polar surface area (TPSA) is 76.1 Å². The number of para-hydroxylation sites is 1. The van der Waals surface area contributed by atoms with Crippen LogP contribution in [0.4, 0.5) is 0 Å². The van der Waals surface area contributed by atoms with E-state index in [1.54, 1.807) is 19.2 Å². The lowest BCUT2D eigenvalue weighted by molar-refractivity contribution is -0.139. The molecule has 1 aliphatic rings. The monoisotopic (exact) mass is 383 g/mol. The highest BCUT2D eigenvalue weighted by Gasteiger charge is 2.30. The molecule has 6 heteroatoms. The third-order valence-corrected chi connectivity index (χ3v) is 5.10. The van der Waals surface area contributed by atoms with Gasteiger partial charge in [-0.15, -0.1) is 0 Å². The maximum Gasteiger partial charge on any atom is 0.341 e. The van der Waals surface area contributed by atoms with Gasteiger partial charge in [0.2, 0.25) is 0 Å². The largest absolute Gasteiger partial charge is 0.496 e. The first-order chi connectivity index (χ1) is 13.4. The molecule has 0 aliphatic carbocycles. The fourth-order valence-corrected chi connectivity index (χ4v) is 3.82. The molecule has 148 valence electrons. The van der Waals surface area contributed by atoms with Crippen molar-refractivity contribution >= 4 is 11.9 Å². The van der Waals surface area contributed by atoms with Crippen molar-refractivity contribution in [2.24, 2.45) is 0 Å². The molecular formula is C22H25NO5. The second-order valence-corrected chi connectivity index (χ2v) is 7.10. The number of amides is 1. The van der Waals surface area contributed by atoms with Crippen molar-refractivity contribution in [1.82, 2.24) is 4.90 Å². The van der Waals surface area contributed by atoms with Gasteiger partial charge in [0.1, 0.15) is 11.5 Å². The molecule has 28 heavy (non-hydrogen) atoms. The van der Waals surface area contributed by atoms with Gasteiger partial charge in [-0.2, -0.15) is 0 Å². The molecule has 1 N–H and O–H groups in total. The zero-order valence-electron chi connectivity index (χ0n) is 16.4. The van der Waals surface area contributed by atoms with E-state index >= 15 is 0 Å². The molecule has 1 atom stereocenters. The standard InChI is InChI=1S/C22H25NO5/c1-14-10-17(11-15(2)21(14)28-13-20(24)25)22(26)23-9-8-16(12-23)18-6-4-5-7-19(18)27-3/h4-7,10-11,16H,8-9,12-13H2,1-3H3,(H,24,25). The van der Waals surface area contributed by atoms with Crippen molar-refractivity contribution in [2.45, 2.75) is 26.2 Å². The van der Waals surface area contributed by atoms with Gasteiger partial charge in [0, 0.05) is 24.6 Å². The van der Waals surface area contributed by atoms with Gasteiger partial charge < -0.3 is 19.5 Å². The molecule has 0 aromatic heterocycles. The van der Waals surface area contributed by atoms with Crippen LogP contribution in [0.25, 0.3) is 0 Å². The minimum atomic E-state index is -1.03. The summed E-state index contributed by atoms with van der Waals surface area (Å²) >= 11 is 0. The molecule has 1 heterocycles. The van der Waals surface area contributed by atoms with Gasteiger partial charge in [0.15, 0.2) is 6.61 Å². The molecule has 1 amide bonds. The van der Waals surface area contributed by atoms with Crippen LogP contribution in [0.2, 0.25) is 0 Å². The van der Waals surface area contributed by atoms with E-state index in [9.17, 15) is 9.59 Å². The number of methoxy groups -OCH3 is 1. The van der Waals surface area contributed by atoms with E-state index in [0.29, 0.717) is 24.4 Å². The van der Waals surface area contributed by atoms with Crippen molar-refractivity contribution in [2.75, 3.05) is 26.8 Å². The van der Waals surface area contributed by atoms with Crippen LogP contribution in [0.5, 0.6) is 11.5 Å². The zero-order chi connectivity index (χ0) is 20.3. The predicted octanol–water partition coefficient (Wildman–Crippen LogP) is 3.41. The summed E-state index contributed by atoms with van der Waals surface area (Å²) in [7, 11) is 1.66. The van der Waals surface area contributed by atoms with E-state index in [-0.39, 0.29) is 11.8 Å². The molecule has 1 aliphatic heterocycles. The minimum Gasteiger partial charge on any atom is -0.496 e. The summed E-state index contributed by atoms with van der Waals surface area (Å²) in [6, 6.07) is 11.5. The molecule has 0 bridgehead atoms. The number of carboxylic acid groups (broad SMARTS) is 1. The molecule has 1 fully saturated rings. The van der Waals surface area contributed by atoms with Crippen molar-refractivity contribution in [3.05, 3.63) is 58.7 Å². The number of carbonyl (C=O) groups is 2. The minimum absolute atomic E-state index is 0.0200. The number of hydrogen-bond donors (Lipinski definition) is 1. The van der Waals surface area contributed by atoms with Crippen LogP contribution in [-0.4, -0.2) is 48.7 Å². The van der Waals surface area contributed by atoms with E-state index in [1.165, 1.54) is 0 Å². The summed E-state index contributed by atoms with van der Waals surface area (Å²) in [5.41, 5.74) is 3.23. The van der Waals surface area contributed by atoms with E-state index in [2.05, 4.69) is 6.07 Å². The lowest BCUT2D eigenvalue weighted by Gasteiger charge is -2.19. The summed E-state index contributed by atoms with van der Waals surface area (Å²) in [5, 5.41) is 8.80. The molecule has 0 saturated carbocycles. The predicted molar refractivity (Wildman–Crippen MR) is 105 cm³/mol. The van der Waals surface area contributed by atoms with Crippen LogP contribution >= 0.6 is 0 Å². The maximum absolute atomic E-state index is 13.0. The number of hydrogen-bond acceptors (Lipinski definition) is 4. The number of aryl methyl sites for hydroxylation is 2. The van der Waals surface area contributed by atoms with Gasteiger partial charge in [0.05, 0.1) is 7.11 Å². The van der Waals surface area contributed by atoms with E-state index in [1.807, 2.05) is 36.9 Å². The van der Waals surface area contributed by atoms with E-state index < -0.39 is 12.6 Å². The number of benzene rings is 2. The third kappa shape index (κ3) is 4.11. The molecule has 2 aromatic rings. The van der Waals surface area contributed by atoms with E-state index in [4.69, 9.17) is 14.6 Å². The van der Waals surface area contributed by atoms with Gasteiger partial charge in [-0.05, 0) is 55.2 Å². The Hall–Kier alpha value is -3.02. The molecule has 1 unspecified atom stereocenters. The Morgan fingerprint density at radius 3 is 2.50 bits per heavy atom. The van der Waals surface area contributed by atoms with Crippen molar-refractivity contribution in [3.63, 3.8) is 0 Å². The van der Waals surface area contributed by atoms with Crippen LogP contribution in [-0.2, 0) is 4.79 Å². The first-order valence-electron chi connectivity index (χ1n) is 9.28. The first-order valence-corrected chi connectivity index (χ1v) is 9.28. The number of rotatable bonds is 6. The number of nitrogens with zero attached hydrogens (tertiary/aromatic N) is 1. The van der Waals surface area contributed by atoms with Crippen molar-refractivity contribution in [1.29, 1.82) is 0 Å². The fourth-order valence-electron chi connectivity index (χ4n) is 3.82. The van der Waals surface area contributed by atoms with Gasteiger partial charge in [-0.1, -0.05) is 18.2 Å². The Morgan fingerprint density at radius 1 is 1.18 bits per heavy atom. The van der Waals surface area contributed by atoms with Crippen molar-refractivity contribution < 1.29 is 24.2 Å². The van der Waals surface area contributed by atoms with Crippen molar-refractivity contribution in [3.8, 4) is 11.5 Å². The average molecular weight is 383 g/mol. The number of carbonyl (C=O) groups excluding carboxylic acids is 1. The lowest BCUT2D eigenvalue weighted by atomic mass is 9.97. The fraction of sp³-hybridized carbons (Fsp3) is 0.364. The van der Waals surface area contributed by atoms with Crippen LogP contribution in [0.15, 0.2) is 36.4 Å². The first kappa shape index (κ1) is 19.7. The molecule has 0 radical (unpaired) electrons. The molecular weight excluding hydrogens is 358 g/mol. The van der Waals surface area contributed by atoms with E-state index in [0.717, 1.165) is 28.9 Å². The van der Waals surface area contributed by atoms with Gasteiger partial charge in [0.25, 0.3) is 5.91 Å². The third-order valence-electron chi connectivity index (χ3n) is 5.10. The van der Waals surface area contributed by atoms with Gasteiger partial charge >= 0.3 is 5.97 Å². The summed E-state index contributed by atoms with van der Waals surface area (Å²) in [5.74, 6) is 0.577. The Bertz CT molecular complexity index is 869. The van der Waals surface area contributed by atoms with Crippen LogP contribution in [0, 0.1) is 13.8 Å².